The molecule has 0 radical (unpaired) electrons. The normalized spacial score (nSPS) is 11.8. The molecule has 13 heavy (non-hydrogen) atoms. The first-order valence-electron chi connectivity index (χ1n) is 3.01. The van der Waals surface area contributed by atoms with E-state index in [1.807, 2.05) is 0 Å². The summed E-state index contributed by atoms with van der Waals surface area (Å²) in [7, 11) is 0. The number of rotatable bonds is 0. The number of nitrogens with zero attached hydrogens (tertiary/aromatic N) is 1. The summed E-state index contributed by atoms with van der Waals surface area (Å²) < 4.78 is 36.4. The molecule has 1 rings (SSSR count). The highest BCUT2D eigenvalue weighted by Crippen LogP contribution is 2.34. The maximum absolute atomic E-state index is 12.1. The van der Waals surface area contributed by atoms with Crippen LogP contribution in [-0.2, 0) is 6.18 Å². The predicted molar refractivity (Wildman–Crippen MR) is 46.4 cm³/mol. The molecule has 0 bridgehead atoms. The van der Waals surface area contributed by atoms with Gasteiger partial charge in [0.1, 0.15) is 5.69 Å². The number of nitrogen functional groups attached to an aromatic ring is 1. The lowest BCUT2D eigenvalue weighted by Crippen LogP contribution is -2.09. The lowest BCUT2D eigenvalue weighted by Gasteiger charge is -2.08. The molecule has 1 heterocycles. The largest absolute Gasteiger partial charge is 0.433 e. The Bertz CT molecular complexity index is 316. The van der Waals surface area contributed by atoms with Crippen molar-refractivity contribution in [3.05, 3.63) is 21.4 Å². The third-order valence-electron chi connectivity index (χ3n) is 1.25. The molecule has 0 spiro atoms. The molecular formula is C6H3BrClF3N2. The first-order chi connectivity index (χ1) is 5.82. The van der Waals surface area contributed by atoms with Crippen LogP contribution in [0.25, 0.3) is 0 Å². The fourth-order valence-corrected chi connectivity index (χ4v) is 1.35. The first-order valence-corrected chi connectivity index (χ1v) is 4.18. The van der Waals surface area contributed by atoms with Crippen LogP contribution in [0.2, 0.25) is 5.15 Å². The van der Waals surface area contributed by atoms with Crippen LogP contribution >= 0.6 is 27.5 Å². The van der Waals surface area contributed by atoms with E-state index < -0.39 is 11.9 Å². The van der Waals surface area contributed by atoms with Crippen molar-refractivity contribution in [2.45, 2.75) is 6.18 Å². The summed E-state index contributed by atoms with van der Waals surface area (Å²) in [6.45, 7) is 0. The fraction of sp³-hybridized carbons (Fsp3) is 0.167. The van der Waals surface area contributed by atoms with Crippen molar-refractivity contribution in [1.29, 1.82) is 0 Å². The van der Waals surface area contributed by atoms with E-state index >= 15 is 0 Å². The molecule has 2 N–H and O–H groups in total. The van der Waals surface area contributed by atoms with E-state index in [0.717, 1.165) is 6.07 Å². The molecule has 0 aliphatic rings. The zero-order chi connectivity index (χ0) is 10.2. The molecule has 0 aliphatic heterocycles. The average Bonchev–Trinajstić information content (AvgIpc) is 1.97. The van der Waals surface area contributed by atoms with Gasteiger partial charge in [0.2, 0.25) is 0 Å². The lowest BCUT2D eigenvalue weighted by molar-refractivity contribution is -0.141. The maximum Gasteiger partial charge on any atom is 0.433 e. The molecule has 1 aromatic heterocycles. The molecule has 0 unspecified atom stereocenters. The van der Waals surface area contributed by atoms with Gasteiger partial charge in [-0.2, -0.15) is 13.2 Å². The van der Waals surface area contributed by atoms with Crippen LogP contribution in [-0.4, -0.2) is 4.98 Å². The number of alkyl halides is 3. The lowest BCUT2D eigenvalue weighted by atomic mass is 10.3. The quantitative estimate of drug-likeness (QED) is 0.739. The standard InChI is InChI=1S/C6H3BrClF3N2/c7-2-1-3(6(9,10)11)13-5(8)4(2)12/h1H,12H2. The minimum atomic E-state index is -4.51. The minimum absolute atomic E-state index is 0.00494. The zero-order valence-corrected chi connectivity index (χ0v) is 8.33. The Morgan fingerprint density at radius 1 is 1.46 bits per heavy atom. The molecule has 0 amide bonds. The van der Waals surface area contributed by atoms with Gasteiger partial charge >= 0.3 is 6.18 Å². The third kappa shape index (κ3) is 2.25. The van der Waals surface area contributed by atoms with E-state index in [1.165, 1.54) is 0 Å². The zero-order valence-electron chi connectivity index (χ0n) is 5.99. The summed E-state index contributed by atoms with van der Waals surface area (Å²) in [5.74, 6) is 0. The Hall–Kier alpha value is -0.490. The first kappa shape index (κ1) is 10.6. The average molecular weight is 275 g/mol. The summed E-state index contributed by atoms with van der Waals surface area (Å²) in [5, 5.41) is -0.360. The molecule has 1 aromatic rings. The Morgan fingerprint density at radius 2 is 2.00 bits per heavy atom. The number of nitrogens with two attached hydrogens (primary N) is 1. The third-order valence-corrected chi connectivity index (χ3v) is 2.20. The van der Waals surface area contributed by atoms with Crippen LogP contribution in [0.5, 0.6) is 0 Å². The molecule has 0 saturated heterocycles. The van der Waals surface area contributed by atoms with Crippen LogP contribution in [0.4, 0.5) is 18.9 Å². The molecule has 0 atom stereocenters. The van der Waals surface area contributed by atoms with Gasteiger partial charge < -0.3 is 5.73 Å². The van der Waals surface area contributed by atoms with Crippen molar-refractivity contribution in [3.63, 3.8) is 0 Å². The van der Waals surface area contributed by atoms with Crippen LogP contribution in [0, 0.1) is 0 Å². The van der Waals surface area contributed by atoms with Crippen molar-refractivity contribution >= 4 is 33.2 Å². The molecule has 2 nitrogen and oxygen atoms in total. The van der Waals surface area contributed by atoms with Crippen molar-refractivity contribution in [1.82, 2.24) is 4.98 Å². The minimum Gasteiger partial charge on any atom is -0.395 e. The second-order valence-electron chi connectivity index (χ2n) is 2.19. The highest BCUT2D eigenvalue weighted by Gasteiger charge is 2.33. The summed E-state index contributed by atoms with van der Waals surface area (Å²) >= 11 is 8.20. The number of halogens is 5. The monoisotopic (exact) mass is 274 g/mol. The van der Waals surface area contributed by atoms with Gasteiger partial charge in [0.25, 0.3) is 0 Å². The number of hydrogen-bond donors (Lipinski definition) is 1. The van der Waals surface area contributed by atoms with Gasteiger partial charge in [0.05, 0.1) is 5.69 Å². The number of hydrogen-bond acceptors (Lipinski definition) is 2. The number of anilines is 1. The van der Waals surface area contributed by atoms with Gasteiger partial charge in [-0.25, -0.2) is 4.98 Å². The predicted octanol–water partition coefficient (Wildman–Crippen LogP) is 3.10. The van der Waals surface area contributed by atoms with Crippen molar-refractivity contribution in [2.75, 3.05) is 5.73 Å². The maximum atomic E-state index is 12.1. The summed E-state index contributed by atoms with van der Waals surface area (Å²) in [6, 6.07) is 0.779. The molecule has 72 valence electrons. The summed E-state index contributed by atoms with van der Waals surface area (Å²) in [4.78, 5) is 3.09. The molecule has 0 saturated carbocycles. The second-order valence-corrected chi connectivity index (χ2v) is 3.40. The Kier molecular flexibility index (Phi) is 2.72. The van der Waals surface area contributed by atoms with Crippen LogP contribution in [0.15, 0.2) is 10.5 Å². The van der Waals surface area contributed by atoms with Gasteiger partial charge in [-0.3, -0.25) is 0 Å². The van der Waals surface area contributed by atoms with E-state index in [1.54, 1.807) is 0 Å². The van der Waals surface area contributed by atoms with E-state index in [9.17, 15) is 13.2 Å². The topological polar surface area (TPSA) is 38.9 Å². The Morgan fingerprint density at radius 3 is 2.38 bits per heavy atom. The molecule has 0 fully saturated rings. The fourth-order valence-electron chi connectivity index (χ4n) is 0.640. The molecule has 7 heteroatoms. The molecular weight excluding hydrogens is 272 g/mol. The van der Waals surface area contributed by atoms with E-state index in [-0.39, 0.29) is 15.3 Å². The van der Waals surface area contributed by atoms with E-state index in [2.05, 4.69) is 20.9 Å². The number of aromatic nitrogens is 1. The van der Waals surface area contributed by atoms with Gasteiger partial charge in [-0.05, 0) is 22.0 Å². The molecule has 0 aromatic carbocycles. The Labute approximate surface area is 85.0 Å². The van der Waals surface area contributed by atoms with Crippen molar-refractivity contribution < 1.29 is 13.2 Å². The van der Waals surface area contributed by atoms with Crippen molar-refractivity contribution in [2.24, 2.45) is 0 Å². The smallest absolute Gasteiger partial charge is 0.395 e. The van der Waals surface area contributed by atoms with Crippen LogP contribution in [0.1, 0.15) is 5.69 Å². The highest BCUT2D eigenvalue weighted by atomic mass is 79.9. The molecule has 0 aliphatic carbocycles. The summed E-state index contributed by atoms with van der Waals surface area (Å²) in [5.41, 5.74) is 4.21. The van der Waals surface area contributed by atoms with Crippen LogP contribution < -0.4 is 5.73 Å². The van der Waals surface area contributed by atoms with Gasteiger partial charge in [-0.1, -0.05) is 11.6 Å². The SMILES string of the molecule is Nc1c(Br)cc(C(F)(F)F)nc1Cl. The van der Waals surface area contributed by atoms with Gasteiger partial charge in [-0.15, -0.1) is 0 Å². The second kappa shape index (κ2) is 3.34. The van der Waals surface area contributed by atoms with Crippen molar-refractivity contribution in [3.8, 4) is 0 Å². The number of pyridine rings is 1. The Balaban J connectivity index is 3.29. The van der Waals surface area contributed by atoms with Crippen LogP contribution in [0.3, 0.4) is 0 Å². The van der Waals surface area contributed by atoms with E-state index in [0.29, 0.717) is 0 Å². The van der Waals surface area contributed by atoms with Gasteiger partial charge in [0, 0.05) is 4.47 Å². The summed E-state index contributed by atoms with van der Waals surface area (Å²) in [6.07, 6.45) is -4.51. The highest BCUT2D eigenvalue weighted by molar-refractivity contribution is 9.10. The van der Waals surface area contributed by atoms with Gasteiger partial charge in [0.15, 0.2) is 5.15 Å². The van der Waals surface area contributed by atoms with E-state index in [4.69, 9.17) is 17.3 Å².